The molecular weight excluding hydrogens is 506 g/mol. The lowest BCUT2D eigenvalue weighted by Crippen LogP contribution is -2.51. The summed E-state index contributed by atoms with van der Waals surface area (Å²) in [4.78, 5) is 49.6. The number of carbonyl (C=O) groups is 3. The first kappa shape index (κ1) is 29.5. The largest absolute Gasteiger partial charge is 0.493 e. The van der Waals surface area contributed by atoms with Crippen molar-refractivity contribution in [2.75, 3.05) is 51.3 Å². The molecule has 0 N–H and O–H groups in total. The van der Waals surface area contributed by atoms with Gasteiger partial charge >= 0.3 is 6.03 Å². The Bertz CT molecular complexity index is 1120. The lowest BCUT2D eigenvalue weighted by Gasteiger charge is -2.34. The fourth-order valence-corrected chi connectivity index (χ4v) is 5.83. The van der Waals surface area contributed by atoms with Crippen LogP contribution >= 0.6 is 0 Å². The number of unbranched alkanes of at least 4 members (excludes halogenated alkanes) is 1. The Morgan fingerprint density at radius 2 is 2.15 bits per heavy atom. The molecule has 216 valence electrons. The van der Waals surface area contributed by atoms with E-state index in [0.29, 0.717) is 45.1 Å². The van der Waals surface area contributed by atoms with E-state index in [4.69, 9.17) is 4.74 Å². The third kappa shape index (κ3) is 7.38. The van der Waals surface area contributed by atoms with Crippen LogP contribution in [0.25, 0.3) is 0 Å². The van der Waals surface area contributed by atoms with E-state index in [2.05, 4.69) is 29.5 Å². The monoisotopic (exact) mass is 549 g/mol. The lowest BCUT2D eigenvalue weighted by atomic mass is 9.98. The van der Waals surface area contributed by atoms with Gasteiger partial charge in [-0.05, 0) is 55.4 Å². The summed E-state index contributed by atoms with van der Waals surface area (Å²) in [6.45, 7) is 9.45. The van der Waals surface area contributed by atoms with E-state index < -0.39 is 0 Å². The zero-order valence-electron chi connectivity index (χ0n) is 24.0. The van der Waals surface area contributed by atoms with Gasteiger partial charge in [0.25, 0.3) is 0 Å². The predicted octanol–water partition coefficient (Wildman–Crippen LogP) is 4.39. The molecule has 9 nitrogen and oxygen atoms in total. The maximum Gasteiger partial charge on any atom is 0.326 e. The highest BCUT2D eigenvalue weighted by Crippen LogP contribution is 2.32. The first-order valence-corrected chi connectivity index (χ1v) is 14.6. The molecule has 3 aliphatic rings. The maximum absolute atomic E-state index is 13.7. The summed E-state index contributed by atoms with van der Waals surface area (Å²) in [5, 5.41) is 0. The normalized spacial score (nSPS) is 23.8. The van der Waals surface area contributed by atoms with Gasteiger partial charge in [0.15, 0.2) is 0 Å². The summed E-state index contributed by atoms with van der Waals surface area (Å²) in [5.74, 6) is 1.25. The van der Waals surface area contributed by atoms with Gasteiger partial charge in [-0.25, -0.2) is 4.79 Å². The van der Waals surface area contributed by atoms with Crippen molar-refractivity contribution in [3.63, 3.8) is 0 Å². The topological polar surface area (TPSA) is 86.3 Å². The number of nitrogens with zero attached hydrogens (tertiary/aromatic N) is 5. The predicted molar refractivity (Wildman–Crippen MR) is 155 cm³/mol. The second-order valence-electron chi connectivity index (χ2n) is 10.9. The van der Waals surface area contributed by atoms with Crippen LogP contribution in [0.2, 0.25) is 0 Å². The number of aromatic nitrogens is 1. The number of hydrogen-bond acceptors (Lipinski definition) is 6. The highest BCUT2D eigenvalue weighted by Gasteiger charge is 2.36. The molecule has 0 radical (unpaired) electrons. The number of amides is 4. The van der Waals surface area contributed by atoms with Crippen molar-refractivity contribution in [3.05, 3.63) is 60.7 Å². The van der Waals surface area contributed by atoms with Crippen LogP contribution in [0.3, 0.4) is 0 Å². The van der Waals surface area contributed by atoms with Crippen LogP contribution in [0.4, 0.5) is 10.5 Å². The van der Waals surface area contributed by atoms with Crippen molar-refractivity contribution in [2.24, 2.45) is 5.92 Å². The smallest absolute Gasteiger partial charge is 0.326 e. The van der Waals surface area contributed by atoms with Gasteiger partial charge < -0.3 is 14.5 Å². The summed E-state index contributed by atoms with van der Waals surface area (Å²) in [6.07, 6.45) is 15.2. The second-order valence-corrected chi connectivity index (χ2v) is 10.9. The lowest BCUT2D eigenvalue weighted by molar-refractivity contribution is -0.129. The Morgan fingerprint density at radius 1 is 1.30 bits per heavy atom. The van der Waals surface area contributed by atoms with Crippen LogP contribution in [-0.2, 0) is 14.3 Å². The number of rotatable bonds is 12. The number of hydrogen-bond donors (Lipinski definition) is 0. The summed E-state index contributed by atoms with van der Waals surface area (Å²) in [6, 6.07) is 3.74. The van der Waals surface area contributed by atoms with Crippen molar-refractivity contribution < 1.29 is 19.1 Å². The number of allylic oxidation sites excluding steroid dienone is 4. The number of ether oxygens (including phenoxy) is 1. The molecule has 0 spiro atoms. The van der Waals surface area contributed by atoms with Crippen molar-refractivity contribution in [3.8, 4) is 0 Å². The molecule has 3 aliphatic heterocycles. The number of anilines is 1. The van der Waals surface area contributed by atoms with Gasteiger partial charge in [-0.3, -0.25) is 24.4 Å². The Balaban J connectivity index is 1.46. The Labute approximate surface area is 238 Å². The van der Waals surface area contributed by atoms with Gasteiger partial charge in [-0.2, -0.15) is 0 Å². The highest BCUT2D eigenvalue weighted by atomic mass is 16.5. The van der Waals surface area contributed by atoms with Gasteiger partial charge in [0.1, 0.15) is 5.76 Å². The van der Waals surface area contributed by atoms with Crippen LogP contribution in [-0.4, -0.2) is 89.9 Å². The molecular formula is C31H43N5O4. The van der Waals surface area contributed by atoms with Gasteiger partial charge in [0.2, 0.25) is 11.8 Å². The molecule has 3 saturated heterocycles. The van der Waals surface area contributed by atoms with E-state index in [-0.39, 0.29) is 23.9 Å². The van der Waals surface area contributed by atoms with Crippen LogP contribution in [0, 0.1) is 5.92 Å². The number of pyridine rings is 1. The quantitative estimate of drug-likeness (QED) is 0.385. The second kappa shape index (κ2) is 14.3. The molecule has 0 aromatic carbocycles. The van der Waals surface area contributed by atoms with E-state index in [1.807, 2.05) is 23.1 Å². The molecule has 0 saturated carbocycles. The minimum atomic E-state index is -0.233. The Morgan fingerprint density at radius 3 is 2.90 bits per heavy atom. The Hall–Kier alpha value is -3.46. The molecule has 1 aromatic rings. The highest BCUT2D eigenvalue weighted by molar-refractivity contribution is 5.96. The number of imide groups is 1. The van der Waals surface area contributed by atoms with Gasteiger partial charge in [-0.1, -0.05) is 32.1 Å². The fourth-order valence-electron chi connectivity index (χ4n) is 5.83. The fraction of sp³-hybridized carbons (Fsp3) is 0.548. The number of likely N-dealkylation sites (tertiary alicyclic amines) is 1. The minimum Gasteiger partial charge on any atom is -0.493 e. The van der Waals surface area contributed by atoms with Crippen LogP contribution < -0.4 is 4.90 Å². The minimum absolute atomic E-state index is 0.0743. The van der Waals surface area contributed by atoms with E-state index in [9.17, 15) is 14.4 Å². The molecule has 0 unspecified atom stereocenters. The van der Waals surface area contributed by atoms with Crippen LogP contribution in [0.15, 0.2) is 60.7 Å². The Kier molecular flexibility index (Phi) is 10.5. The van der Waals surface area contributed by atoms with Crippen molar-refractivity contribution in [1.29, 1.82) is 0 Å². The van der Waals surface area contributed by atoms with E-state index in [1.165, 1.54) is 10.5 Å². The van der Waals surface area contributed by atoms with E-state index in [0.717, 1.165) is 56.5 Å². The van der Waals surface area contributed by atoms with Gasteiger partial charge in [0.05, 0.1) is 25.0 Å². The third-order valence-corrected chi connectivity index (χ3v) is 8.12. The summed E-state index contributed by atoms with van der Waals surface area (Å²) in [5.41, 5.74) is 2.05. The van der Waals surface area contributed by atoms with Crippen LogP contribution in [0.5, 0.6) is 0 Å². The first-order chi connectivity index (χ1) is 19.4. The molecule has 1 aromatic heterocycles. The third-order valence-electron chi connectivity index (χ3n) is 8.12. The van der Waals surface area contributed by atoms with Crippen molar-refractivity contribution in [2.45, 2.75) is 57.9 Å². The standard InChI is InChI=1S/C31H43N5O4/c1-4-6-16-36(27-9-7-15-32-21-27)30(38)23-35-22-24(10-11-25-14-19-40-28(25)8-5-2)20-26(35)12-17-34-18-13-29(37)33(3)31(34)39/h5,7-9,11,15,21,24,26H,2,4,6,10,12-14,16-20,22-23H2,1,3H3/b25-11-,28-8+/t24-,26+/m1/s1. The van der Waals surface area contributed by atoms with E-state index in [1.54, 1.807) is 30.4 Å². The van der Waals surface area contributed by atoms with Gasteiger partial charge in [0, 0.05) is 58.3 Å². The molecule has 4 rings (SSSR count). The van der Waals surface area contributed by atoms with Gasteiger partial charge in [-0.15, -0.1) is 0 Å². The molecule has 4 amide bonds. The first-order valence-electron chi connectivity index (χ1n) is 14.6. The number of carbonyl (C=O) groups excluding carboxylic acids is 3. The zero-order valence-corrected chi connectivity index (χ0v) is 24.0. The molecule has 9 heteroatoms. The average molecular weight is 550 g/mol. The molecule has 2 atom stereocenters. The van der Waals surface area contributed by atoms with E-state index >= 15 is 0 Å². The maximum atomic E-state index is 13.7. The van der Waals surface area contributed by atoms with Crippen molar-refractivity contribution in [1.82, 2.24) is 19.7 Å². The molecule has 3 fully saturated rings. The molecule has 40 heavy (non-hydrogen) atoms. The summed E-state index contributed by atoms with van der Waals surface area (Å²) < 4.78 is 5.74. The summed E-state index contributed by atoms with van der Waals surface area (Å²) in [7, 11) is 1.55. The molecule has 0 bridgehead atoms. The zero-order chi connectivity index (χ0) is 28.5. The van der Waals surface area contributed by atoms with Crippen LogP contribution in [0.1, 0.15) is 51.9 Å². The summed E-state index contributed by atoms with van der Waals surface area (Å²) >= 11 is 0. The average Bonchev–Trinajstić information content (AvgIpc) is 3.57. The van der Waals surface area contributed by atoms with Crippen molar-refractivity contribution >= 4 is 23.5 Å². The SMILES string of the molecule is C=C/C=C1/OCC/C1=C/C[C@@H]1C[C@H](CCN2CCC(=O)N(C)C2=O)N(CC(=O)N(CCCC)c2cccnc2)C1. The molecule has 0 aliphatic carbocycles. The number of urea groups is 1. The molecule has 4 heterocycles.